The van der Waals surface area contributed by atoms with Gasteiger partial charge in [0.1, 0.15) is 18.9 Å². The third kappa shape index (κ3) is 7.41. The smallest absolute Gasteiger partial charge is 0.280 e. The summed E-state index contributed by atoms with van der Waals surface area (Å²) in [4.78, 5) is 11.0. The molecule has 0 spiro atoms. The van der Waals surface area contributed by atoms with Gasteiger partial charge in [-0.25, -0.2) is 8.78 Å². The second kappa shape index (κ2) is 14.9. The normalized spacial score (nSPS) is 17.6. The zero-order chi connectivity index (χ0) is 36.4. The molecular weight excluding hydrogens is 671 g/mol. The molecule has 0 radical (unpaired) electrons. The molecule has 8 rings (SSSR count). The topological polar surface area (TPSA) is 58.9 Å². The molecule has 53 heavy (non-hydrogen) atoms. The van der Waals surface area contributed by atoms with Gasteiger partial charge in [-0.05, 0) is 48.7 Å². The van der Waals surface area contributed by atoms with Crippen LogP contribution in [0.15, 0.2) is 115 Å². The molecule has 272 valence electrons. The van der Waals surface area contributed by atoms with Gasteiger partial charge in [0, 0.05) is 56.9 Å². The van der Waals surface area contributed by atoms with Crippen LogP contribution in [0.2, 0.25) is 0 Å². The fourth-order valence-corrected chi connectivity index (χ4v) is 7.65. The Morgan fingerprint density at radius 3 is 2.08 bits per heavy atom. The molecule has 0 aliphatic carbocycles. The fraction of sp³-hybridized carbons (Fsp3) is 0.302. The van der Waals surface area contributed by atoms with Gasteiger partial charge in [0.05, 0.1) is 29.4 Å². The number of benzene rings is 4. The second-order valence-electron chi connectivity index (χ2n) is 14.0. The van der Waals surface area contributed by atoms with Crippen LogP contribution < -0.4 is 19.3 Å². The van der Waals surface area contributed by atoms with Crippen LogP contribution in [0.3, 0.4) is 0 Å². The molecule has 2 aromatic heterocycles. The summed E-state index contributed by atoms with van der Waals surface area (Å²) in [5.41, 5.74) is 7.59. The lowest BCUT2D eigenvalue weighted by molar-refractivity contribution is -0.0891. The van der Waals surface area contributed by atoms with Crippen molar-refractivity contribution in [3.63, 3.8) is 0 Å². The molecule has 6 aromatic rings. The van der Waals surface area contributed by atoms with Crippen LogP contribution in [0.4, 0.5) is 20.2 Å². The van der Waals surface area contributed by atoms with Gasteiger partial charge in [0.15, 0.2) is 0 Å². The molecule has 0 N–H and O–H groups in total. The quantitative estimate of drug-likeness (QED) is 0.142. The van der Waals surface area contributed by atoms with Crippen LogP contribution >= 0.6 is 0 Å². The van der Waals surface area contributed by atoms with E-state index in [1.807, 2.05) is 132 Å². The Morgan fingerprint density at radius 2 is 1.40 bits per heavy atom. The number of aryl methyl sites for hydroxylation is 2. The third-order valence-corrected chi connectivity index (χ3v) is 10.4. The number of para-hydroxylation sites is 1. The number of piperazine rings is 1. The Morgan fingerprint density at radius 1 is 0.717 bits per heavy atom. The Hall–Kier alpha value is -5.48. The fourth-order valence-electron chi connectivity index (χ4n) is 7.65. The lowest BCUT2D eigenvalue weighted by Crippen LogP contribution is -2.62. The van der Waals surface area contributed by atoms with Gasteiger partial charge in [-0.2, -0.15) is 10.1 Å². The van der Waals surface area contributed by atoms with Gasteiger partial charge in [-0.15, -0.1) is 0 Å². The molecule has 1 unspecified atom stereocenters. The van der Waals surface area contributed by atoms with Crippen molar-refractivity contribution in [2.24, 2.45) is 7.05 Å². The minimum absolute atomic E-state index is 0.260. The lowest BCUT2D eigenvalue weighted by Gasteiger charge is -2.47. The van der Waals surface area contributed by atoms with Crippen molar-refractivity contribution in [1.29, 1.82) is 0 Å². The summed E-state index contributed by atoms with van der Waals surface area (Å²) in [7, 11) is 1.95. The molecule has 1 atom stereocenters. The number of halogens is 2. The zero-order valence-electron chi connectivity index (χ0n) is 30.2. The maximum atomic E-state index is 15.7. The first-order valence-electron chi connectivity index (χ1n) is 18.3. The minimum Gasteiger partial charge on any atom is -0.473 e. The Bertz CT molecular complexity index is 2150. The summed E-state index contributed by atoms with van der Waals surface area (Å²) in [5, 5.41) is 5.98. The number of aromatic nitrogens is 3. The van der Waals surface area contributed by atoms with Crippen molar-refractivity contribution >= 4 is 22.3 Å². The molecule has 0 amide bonds. The van der Waals surface area contributed by atoms with Gasteiger partial charge in [0.25, 0.3) is 5.92 Å². The van der Waals surface area contributed by atoms with Crippen LogP contribution in [-0.4, -0.2) is 70.9 Å². The zero-order valence-corrected chi connectivity index (χ0v) is 30.2. The SMILES string of the molecule is Cc1ccc(N2CCC(N3CCN(c4cccc5c(-c6ccc(OCc7ccccc7)nc6OCc6ccccc6)nn(C)c45)CC3)C(F)(F)C2)cc1. The Kier molecular flexibility index (Phi) is 9.71. The number of pyridine rings is 1. The number of nitrogens with zero attached hydrogens (tertiary/aromatic N) is 6. The number of anilines is 2. The maximum absolute atomic E-state index is 15.7. The number of hydrogen-bond acceptors (Lipinski definition) is 7. The summed E-state index contributed by atoms with van der Waals surface area (Å²) in [6, 6.07) is 37.1. The first kappa shape index (κ1) is 34.6. The van der Waals surface area contributed by atoms with E-state index in [0.29, 0.717) is 64.1 Å². The first-order valence-corrected chi connectivity index (χ1v) is 18.3. The number of fused-ring (bicyclic) bond motifs is 1. The summed E-state index contributed by atoms with van der Waals surface area (Å²) < 4.78 is 45.8. The molecule has 2 aliphatic rings. The maximum Gasteiger partial charge on any atom is 0.280 e. The van der Waals surface area contributed by atoms with Gasteiger partial charge >= 0.3 is 0 Å². The van der Waals surface area contributed by atoms with Crippen molar-refractivity contribution in [2.45, 2.75) is 38.5 Å². The molecule has 2 fully saturated rings. The van der Waals surface area contributed by atoms with E-state index in [2.05, 4.69) is 17.0 Å². The standard InChI is InChI=1S/C43H44F2N6O2/c1-31-16-18-34(19-17-31)51-23-22-38(43(44,45)30-51)50-26-24-49(25-27-50)37-15-9-14-35-40(47-48(2)41(35)37)36-20-21-39(52-28-32-10-5-3-6-11-32)46-42(36)53-29-33-12-7-4-8-13-33/h3-21,38H,22-30H2,1-2H3. The predicted octanol–water partition coefficient (Wildman–Crippen LogP) is 8.14. The molecule has 2 saturated heterocycles. The Labute approximate surface area is 309 Å². The van der Waals surface area contributed by atoms with Crippen molar-refractivity contribution < 1.29 is 18.3 Å². The van der Waals surface area contributed by atoms with E-state index >= 15 is 8.78 Å². The van der Waals surface area contributed by atoms with Gasteiger partial charge in [0.2, 0.25) is 11.8 Å². The molecule has 0 bridgehead atoms. The van der Waals surface area contributed by atoms with E-state index in [0.717, 1.165) is 50.2 Å². The Balaban J connectivity index is 1.01. The average Bonchev–Trinajstić information content (AvgIpc) is 3.53. The number of alkyl halides is 2. The first-order chi connectivity index (χ1) is 25.8. The second-order valence-corrected chi connectivity index (χ2v) is 14.0. The van der Waals surface area contributed by atoms with Gasteiger partial charge < -0.3 is 19.3 Å². The summed E-state index contributed by atoms with van der Waals surface area (Å²) in [5.74, 6) is -1.91. The molecule has 8 nitrogen and oxygen atoms in total. The average molecular weight is 715 g/mol. The van der Waals surface area contributed by atoms with Crippen molar-refractivity contribution in [2.75, 3.05) is 49.1 Å². The van der Waals surface area contributed by atoms with E-state index < -0.39 is 12.0 Å². The monoisotopic (exact) mass is 714 g/mol. The molecule has 4 aromatic carbocycles. The predicted molar refractivity (Wildman–Crippen MR) is 206 cm³/mol. The van der Waals surface area contributed by atoms with E-state index in [4.69, 9.17) is 19.6 Å². The third-order valence-electron chi connectivity index (χ3n) is 10.4. The number of ether oxygens (including phenoxy) is 2. The highest BCUT2D eigenvalue weighted by molar-refractivity contribution is 6.01. The van der Waals surface area contributed by atoms with Crippen molar-refractivity contribution in [3.05, 3.63) is 132 Å². The van der Waals surface area contributed by atoms with Crippen LogP contribution in [0.1, 0.15) is 23.1 Å². The molecule has 0 saturated carbocycles. The highest BCUT2D eigenvalue weighted by Crippen LogP contribution is 2.39. The largest absolute Gasteiger partial charge is 0.473 e. The highest BCUT2D eigenvalue weighted by atomic mass is 19.3. The van der Waals surface area contributed by atoms with E-state index in [1.165, 1.54) is 0 Å². The van der Waals surface area contributed by atoms with E-state index in [1.54, 1.807) is 0 Å². The van der Waals surface area contributed by atoms with Gasteiger partial charge in [-0.3, -0.25) is 9.58 Å². The van der Waals surface area contributed by atoms with Crippen LogP contribution in [0.25, 0.3) is 22.2 Å². The molecule has 4 heterocycles. The minimum atomic E-state index is -2.81. The van der Waals surface area contributed by atoms with Crippen LogP contribution in [0, 0.1) is 6.92 Å². The summed E-state index contributed by atoms with van der Waals surface area (Å²) in [6.45, 7) is 5.53. The number of rotatable bonds is 10. The highest BCUT2D eigenvalue weighted by Gasteiger charge is 2.48. The van der Waals surface area contributed by atoms with E-state index in [9.17, 15) is 0 Å². The summed E-state index contributed by atoms with van der Waals surface area (Å²) >= 11 is 0. The number of hydrogen-bond donors (Lipinski definition) is 0. The van der Waals surface area contributed by atoms with Crippen LogP contribution in [0.5, 0.6) is 11.8 Å². The van der Waals surface area contributed by atoms with E-state index in [-0.39, 0.29) is 6.54 Å². The molecule has 10 heteroatoms. The molecular formula is C43H44F2N6O2. The summed E-state index contributed by atoms with van der Waals surface area (Å²) in [6.07, 6.45) is 0.431. The molecule has 2 aliphatic heterocycles. The van der Waals surface area contributed by atoms with Crippen LogP contribution in [-0.2, 0) is 20.3 Å². The van der Waals surface area contributed by atoms with Crippen molar-refractivity contribution in [1.82, 2.24) is 19.7 Å². The van der Waals surface area contributed by atoms with Crippen molar-refractivity contribution in [3.8, 4) is 23.0 Å². The lowest BCUT2D eigenvalue weighted by atomic mass is 9.97. The number of piperidine rings is 1. The van der Waals surface area contributed by atoms with Gasteiger partial charge in [-0.1, -0.05) is 90.5 Å².